The predicted molar refractivity (Wildman–Crippen MR) is 113 cm³/mol. The molecule has 3 nitrogen and oxygen atoms in total. The molecule has 1 unspecified atom stereocenters. The highest BCUT2D eigenvalue weighted by Crippen LogP contribution is 2.23. The average Bonchev–Trinajstić information content (AvgIpc) is 3.01. The molecule has 2 aromatic carbocycles. The van der Waals surface area contributed by atoms with Crippen molar-refractivity contribution in [1.29, 1.82) is 0 Å². The molecule has 0 bridgehead atoms. The van der Waals surface area contributed by atoms with Crippen LogP contribution in [0.2, 0.25) is 5.02 Å². The predicted octanol–water partition coefficient (Wildman–Crippen LogP) is 5.40. The Kier molecular flexibility index (Phi) is 5.80. The minimum absolute atomic E-state index is 0.782. The smallest absolute Gasteiger partial charge is 0.114 e. The molecule has 4 rings (SSSR count). The van der Waals surface area contributed by atoms with Crippen LogP contribution in [-0.2, 0) is 13.0 Å². The standard InChI is InChI=1S/C23H28ClN3/c1-26-14-4-6-19(17-26)7-5-15-27-22-9-3-2-8-21(22)25-23(27)16-18-10-12-20(24)13-11-18/h2-3,8-13,19H,4-7,14-17H2,1H3. The Morgan fingerprint density at radius 3 is 2.74 bits per heavy atom. The van der Waals surface area contributed by atoms with Gasteiger partial charge >= 0.3 is 0 Å². The van der Waals surface area contributed by atoms with E-state index in [1.807, 2.05) is 12.1 Å². The minimum atomic E-state index is 0.782. The molecule has 0 aliphatic carbocycles. The molecule has 0 radical (unpaired) electrons. The number of piperidine rings is 1. The lowest BCUT2D eigenvalue weighted by molar-refractivity contribution is 0.198. The lowest BCUT2D eigenvalue weighted by Gasteiger charge is -2.29. The van der Waals surface area contributed by atoms with Crippen molar-refractivity contribution < 1.29 is 0 Å². The quantitative estimate of drug-likeness (QED) is 0.569. The molecule has 0 amide bonds. The second-order valence-electron chi connectivity index (χ2n) is 7.88. The van der Waals surface area contributed by atoms with Gasteiger partial charge in [0.05, 0.1) is 11.0 Å². The molecule has 0 N–H and O–H groups in total. The maximum absolute atomic E-state index is 6.04. The number of halogens is 1. The van der Waals surface area contributed by atoms with Crippen molar-refractivity contribution in [3.05, 3.63) is 64.9 Å². The number of fused-ring (bicyclic) bond motifs is 1. The summed E-state index contributed by atoms with van der Waals surface area (Å²) in [5.41, 5.74) is 3.60. The second kappa shape index (κ2) is 8.45. The number of rotatable bonds is 6. The van der Waals surface area contributed by atoms with E-state index in [0.29, 0.717) is 0 Å². The Bertz CT molecular complexity index is 884. The number of hydrogen-bond acceptors (Lipinski definition) is 2. The van der Waals surface area contributed by atoms with E-state index < -0.39 is 0 Å². The molecule has 1 aliphatic rings. The number of nitrogens with zero attached hydrogens (tertiary/aromatic N) is 3. The Morgan fingerprint density at radius 1 is 1.11 bits per heavy atom. The summed E-state index contributed by atoms with van der Waals surface area (Å²) in [5.74, 6) is 2.00. The summed E-state index contributed by atoms with van der Waals surface area (Å²) in [6, 6.07) is 16.6. The molecule has 0 saturated carbocycles. The zero-order chi connectivity index (χ0) is 18.6. The van der Waals surface area contributed by atoms with Crippen molar-refractivity contribution in [3.63, 3.8) is 0 Å². The van der Waals surface area contributed by atoms with Crippen molar-refractivity contribution in [1.82, 2.24) is 14.5 Å². The van der Waals surface area contributed by atoms with Crippen LogP contribution in [0.4, 0.5) is 0 Å². The molecule has 1 aliphatic heterocycles. The van der Waals surface area contributed by atoms with Crippen LogP contribution in [-0.4, -0.2) is 34.6 Å². The summed E-state index contributed by atoms with van der Waals surface area (Å²) in [6.45, 7) is 3.56. The average molecular weight is 382 g/mol. The van der Waals surface area contributed by atoms with Crippen LogP contribution in [0.1, 0.15) is 37.1 Å². The van der Waals surface area contributed by atoms with Crippen molar-refractivity contribution in [2.24, 2.45) is 5.92 Å². The van der Waals surface area contributed by atoms with E-state index in [-0.39, 0.29) is 0 Å². The maximum Gasteiger partial charge on any atom is 0.114 e. The van der Waals surface area contributed by atoms with Gasteiger partial charge in [-0.15, -0.1) is 0 Å². The fraction of sp³-hybridized carbons (Fsp3) is 0.435. The highest BCUT2D eigenvalue weighted by atomic mass is 35.5. The van der Waals surface area contributed by atoms with Crippen LogP contribution in [0, 0.1) is 5.92 Å². The first-order valence-corrected chi connectivity index (χ1v) is 10.4. The highest BCUT2D eigenvalue weighted by molar-refractivity contribution is 6.30. The molecule has 3 aromatic rings. The Balaban J connectivity index is 1.50. The molecule has 2 heterocycles. The first kappa shape index (κ1) is 18.5. The first-order valence-electron chi connectivity index (χ1n) is 10.1. The van der Waals surface area contributed by atoms with Gasteiger partial charge in [-0.3, -0.25) is 0 Å². The van der Waals surface area contributed by atoms with Crippen molar-refractivity contribution in [2.45, 2.75) is 38.6 Å². The summed E-state index contributed by atoms with van der Waals surface area (Å²) in [5, 5.41) is 0.782. The number of benzene rings is 2. The number of aromatic nitrogens is 2. The Labute approximate surface area is 167 Å². The fourth-order valence-corrected chi connectivity index (χ4v) is 4.47. The Hall–Kier alpha value is -1.84. The molecule has 142 valence electrons. The van der Waals surface area contributed by atoms with Gasteiger partial charge in [-0.25, -0.2) is 4.98 Å². The van der Waals surface area contributed by atoms with Crippen LogP contribution in [0.3, 0.4) is 0 Å². The summed E-state index contributed by atoms with van der Waals surface area (Å²) in [7, 11) is 2.25. The molecule has 1 aromatic heterocycles. The summed E-state index contributed by atoms with van der Waals surface area (Å²) >= 11 is 6.04. The van der Waals surface area contributed by atoms with Gasteiger partial charge in [0, 0.05) is 24.5 Å². The number of hydrogen-bond donors (Lipinski definition) is 0. The number of para-hydroxylation sites is 2. The molecule has 1 saturated heterocycles. The van der Waals surface area contributed by atoms with Crippen molar-refractivity contribution >= 4 is 22.6 Å². The molecule has 27 heavy (non-hydrogen) atoms. The number of likely N-dealkylation sites (tertiary alicyclic amines) is 1. The maximum atomic E-state index is 6.04. The summed E-state index contributed by atoms with van der Waals surface area (Å²) in [4.78, 5) is 7.41. The van der Waals surface area contributed by atoms with Crippen LogP contribution >= 0.6 is 11.6 Å². The molecule has 0 spiro atoms. The third-order valence-corrected chi connectivity index (χ3v) is 5.98. The number of aryl methyl sites for hydroxylation is 1. The van der Waals surface area contributed by atoms with Crippen molar-refractivity contribution in [3.8, 4) is 0 Å². The van der Waals surface area contributed by atoms with Crippen LogP contribution in [0.5, 0.6) is 0 Å². The zero-order valence-corrected chi connectivity index (χ0v) is 16.8. The summed E-state index contributed by atoms with van der Waals surface area (Å²) in [6.07, 6.45) is 6.09. The fourth-order valence-electron chi connectivity index (χ4n) is 4.34. The molecule has 4 heteroatoms. The van der Waals surface area contributed by atoms with E-state index >= 15 is 0 Å². The van der Waals surface area contributed by atoms with Gasteiger partial charge in [0.15, 0.2) is 0 Å². The third kappa shape index (κ3) is 4.53. The highest BCUT2D eigenvalue weighted by Gasteiger charge is 2.17. The van der Waals surface area contributed by atoms with Gasteiger partial charge in [0.25, 0.3) is 0 Å². The zero-order valence-electron chi connectivity index (χ0n) is 16.1. The van der Waals surface area contributed by atoms with Gasteiger partial charge in [0.1, 0.15) is 5.82 Å². The molecule has 1 atom stereocenters. The molecular formula is C23H28ClN3. The normalized spacial score (nSPS) is 18.2. The SMILES string of the molecule is CN1CCCC(CCCn2c(Cc3ccc(Cl)cc3)nc3ccccc32)C1. The lowest BCUT2D eigenvalue weighted by atomic mass is 9.94. The van der Waals surface area contributed by atoms with Crippen LogP contribution in [0.15, 0.2) is 48.5 Å². The van der Waals surface area contributed by atoms with E-state index in [9.17, 15) is 0 Å². The van der Waals surface area contributed by atoms with Gasteiger partial charge in [-0.05, 0) is 75.0 Å². The van der Waals surface area contributed by atoms with E-state index in [2.05, 4.69) is 52.9 Å². The second-order valence-corrected chi connectivity index (χ2v) is 8.32. The summed E-state index contributed by atoms with van der Waals surface area (Å²) < 4.78 is 2.43. The van der Waals surface area contributed by atoms with E-state index in [0.717, 1.165) is 35.2 Å². The monoisotopic (exact) mass is 381 g/mol. The number of imidazole rings is 1. The molecular weight excluding hydrogens is 354 g/mol. The van der Waals surface area contributed by atoms with Crippen LogP contribution in [0.25, 0.3) is 11.0 Å². The Morgan fingerprint density at radius 2 is 1.93 bits per heavy atom. The van der Waals surface area contributed by atoms with Gasteiger partial charge in [-0.1, -0.05) is 35.9 Å². The molecule has 1 fully saturated rings. The van der Waals surface area contributed by atoms with Crippen LogP contribution < -0.4 is 0 Å². The van der Waals surface area contributed by atoms with E-state index in [1.165, 1.54) is 49.9 Å². The third-order valence-electron chi connectivity index (χ3n) is 5.73. The van der Waals surface area contributed by atoms with Gasteiger partial charge in [0.2, 0.25) is 0 Å². The largest absolute Gasteiger partial charge is 0.328 e. The first-order chi connectivity index (χ1) is 13.2. The minimum Gasteiger partial charge on any atom is -0.328 e. The van der Waals surface area contributed by atoms with Gasteiger partial charge < -0.3 is 9.47 Å². The van der Waals surface area contributed by atoms with Crippen molar-refractivity contribution in [2.75, 3.05) is 20.1 Å². The topological polar surface area (TPSA) is 21.1 Å². The lowest BCUT2D eigenvalue weighted by Crippen LogP contribution is -2.32. The van der Waals surface area contributed by atoms with E-state index in [1.54, 1.807) is 0 Å². The van der Waals surface area contributed by atoms with E-state index in [4.69, 9.17) is 16.6 Å². The van der Waals surface area contributed by atoms with Gasteiger partial charge in [-0.2, -0.15) is 0 Å².